The van der Waals surface area contributed by atoms with Crippen LogP contribution in [0, 0.1) is 0 Å². The molecule has 0 radical (unpaired) electrons. The van der Waals surface area contributed by atoms with Gasteiger partial charge in [0.1, 0.15) is 0 Å². The minimum Gasteiger partial charge on any atom is -0.493 e. The van der Waals surface area contributed by atoms with Gasteiger partial charge in [0.05, 0.1) is 20.5 Å². The number of carbonyl (C=O) groups excluding carboxylic acids is 1. The first-order chi connectivity index (χ1) is 11.2. The number of aryl methyl sites for hydroxylation is 2. The lowest BCUT2D eigenvalue weighted by Crippen LogP contribution is -2.25. The third kappa shape index (κ3) is 5.32. The second-order valence-corrected chi connectivity index (χ2v) is 5.19. The quantitative estimate of drug-likeness (QED) is 0.719. The zero-order chi connectivity index (χ0) is 16.5. The summed E-state index contributed by atoms with van der Waals surface area (Å²) in [5, 5.41) is 2.94. The van der Waals surface area contributed by atoms with Crippen LogP contribution in [0.15, 0.2) is 36.9 Å². The van der Waals surface area contributed by atoms with E-state index in [1.807, 2.05) is 29.0 Å². The van der Waals surface area contributed by atoms with E-state index in [9.17, 15) is 4.79 Å². The van der Waals surface area contributed by atoms with Crippen molar-refractivity contribution in [1.29, 1.82) is 0 Å². The predicted octanol–water partition coefficient (Wildman–Crippen LogP) is 2.04. The minimum atomic E-state index is 0.0606. The molecular formula is C17H23N3O3. The van der Waals surface area contributed by atoms with Gasteiger partial charge in [-0.05, 0) is 30.5 Å². The molecule has 1 N–H and O–H groups in total. The second kappa shape index (κ2) is 8.82. The minimum absolute atomic E-state index is 0.0606. The van der Waals surface area contributed by atoms with E-state index in [-0.39, 0.29) is 5.91 Å². The van der Waals surface area contributed by atoms with E-state index in [1.54, 1.807) is 26.7 Å². The van der Waals surface area contributed by atoms with Gasteiger partial charge in [0.2, 0.25) is 5.91 Å². The fourth-order valence-corrected chi connectivity index (χ4v) is 2.29. The summed E-state index contributed by atoms with van der Waals surface area (Å²) in [6, 6.07) is 5.72. The van der Waals surface area contributed by atoms with Crippen molar-refractivity contribution in [2.24, 2.45) is 0 Å². The van der Waals surface area contributed by atoms with Crippen LogP contribution in [0.5, 0.6) is 11.5 Å². The van der Waals surface area contributed by atoms with Gasteiger partial charge >= 0.3 is 0 Å². The number of nitrogens with one attached hydrogen (secondary N) is 1. The van der Waals surface area contributed by atoms with E-state index in [1.165, 1.54) is 0 Å². The fraction of sp³-hybridized carbons (Fsp3) is 0.412. The summed E-state index contributed by atoms with van der Waals surface area (Å²) < 4.78 is 12.5. The normalized spacial score (nSPS) is 10.3. The lowest BCUT2D eigenvalue weighted by atomic mass is 10.1. The average Bonchev–Trinajstić information content (AvgIpc) is 3.10. The van der Waals surface area contributed by atoms with Crippen molar-refractivity contribution in [2.75, 3.05) is 20.8 Å². The third-order valence-electron chi connectivity index (χ3n) is 3.56. The molecule has 1 heterocycles. The molecule has 0 saturated carbocycles. The van der Waals surface area contributed by atoms with Gasteiger partial charge in [0, 0.05) is 31.9 Å². The summed E-state index contributed by atoms with van der Waals surface area (Å²) >= 11 is 0. The van der Waals surface area contributed by atoms with Crippen LogP contribution in [-0.2, 0) is 17.8 Å². The van der Waals surface area contributed by atoms with Gasteiger partial charge < -0.3 is 19.4 Å². The van der Waals surface area contributed by atoms with Crippen molar-refractivity contribution in [3.8, 4) is 11.5 Å². The lowest BCUT2D eigenvalue weighted by Gasteiger charge is -2.10. The third-order valence-corrected chi connectivity index (χ3v) is 3.56. The molecule has 0 atom stereocenters. The Bertz CT molecular complexity index is 612. The van der Waals surface area contributed by atoms with Crippen LogP contribution in [0.25, 0.3) is 0 Å². The number of nitrogens with zero attached hydrogens (tertiary/aromatic N) is 2. The van der Waals surface area contributed by atoms with Crippen molar-refractivity contribution < 1.29 is 14.3 Å². The second-order valence-electron chi connectivity index (χ2n) is 5.19. The van der Waals surface area contributed by atoms with E-state index < -0.39 is 0 Å². The zero-order valence-electron chi connectivity index (χ0n) is 13.6. The van der Waals surface area contributed by atoms with Crippen molar-refractivity contribution >= 4 is 5.91 Å². The number of ether oxygens (including phenoxy) is 2. The number of aromatic nitrogens is 2. The molecule has 2 aromatic rings. The molecule has 0 saturated heterocycles. The maximum atomic E-state index is 11.9. The van der Waals surface area contributed by atoms with Crippen molar-refractivity contribution in [1.82, 2.24) is 14.9 Å². The van der Waals surface area contributed by atoms with Crippen LogP contribution < -0.4 is 14.8 Å². The Morgan fingerprint density at radius 1 is 1.26 bits per heavy atom. The van der Waals surface area contributed by atoms with E-state index >= 15 is 0 Å². The van der Waals surface area contributed by atoms with Gasteiger partial charge in [-0.1, -0.05) is 6.07 Å². The van der Waals surface area contributed by atoms with Crippen LogP contribution in [-0.4, -0.2) is 36.2 Å². The maximum absolute atomic E-state index is 11.9. The highest BCUT2D eigenvalue weighted by Crippen LogP contribution is 2.27. The van der Waals surface area contributed by atoms with Crippen LogP contribution in [0.3, 0.4) is 0 Å². The van der Waals surface area contributed by atoms with Gasteiger partial charge in [-0.2, -0.15) is 0 Å². The smallest absolute Gasteiger partial charge is 0.220 e. The Morgan fingerprint density at radius 2 is 2.09 bits per heavy atom. The number of carbonyl (C=O) groups is 1. The number of benzene rings is 1. The first-order valence-corrected chi connectivity index (χ1v) is 7.66. The SMILES string of the molecule is COc1ccc(CCC(=O)NCCCn2ccnc2)cc1OC. The molecular weight excluding hydrogens is 294 g/mol. The van der Waals surface area contributed by atoms with Crippen molar-refractivity contribution in [3.63, 3.8) is 0 Å². The summed E-state index contributed by atoms with van der Waals surface area (Å²) in [4.78, 5) is 15.9. The fourth-order valence-electron chi connectivity index (χ4n) is 2.29. The van der Waals surface area contributed by atoms with E-state index in [4.69, 9.17) is 9.47 Å². The number of hydrogen-bond acceptors (Lipinski definition) is 4. The van der Waals surface area contributed by atoms with E-state index in [2.05, 4.69) is 10.3 Å². The molecule has 0 aliphatic heterocycles. The molecule has 1 amide bonds. The first kappa shape index (κ1) is 16.9. The standard InChI is InChI=1S/C17H23N3O3/c1-22-15-6-4-14(12-16(15)23-2)5-7-17(21)19-8-3-10-20-11-9-18-13-20/h4,6,9,11-13H,3,5,7-8,10H2,1-2H3,(H,19,21). The van der Waals surface area contributed by atoms with Crippen LogP contribution >= 0.6 is 0 Å². The lowest BCUT2D eigenvalue weighted by molar-refractivity contribution is -0.121. The molecule has 1 aromatic heterocycles. The number of amides is 1. The van der Waals surface area contributed by atoms with Gasteiger partial charge in [-0.3, -0.25) is 4.79 Å². The number of rotatable bonds is 9. The van der Waals surface area contributed by atoms with Gasteiger partial charge in [-0.15, -0.1) is 0 Å². The highest BCUT2D eigenvalue weighted by molar-refractivity contribution is 5.76. The highest BCUT2D eigenvalue weighted by atomic mass is 16.5. The van der Waals surface area contributed by atoms with Gasteiger partial charge in [-0.25, -0.2) is 4.98 Å². The molecule has 6 heteroatoms. The molecule has 23 heavy (non-hydrogen) atoms. The van der Waals surface area contributed by atoms with E-state index in [0.29, 0.717) is 30.9 Å². The molecule has 6 nitrogen and oxygen atoms in total. The Hall–Kier alpha value is -2.50. The summed E-state index contributed by atoms with van der Waals surface area (Å²) in [5.74, 6) is 1.44. The maximum Gasteiger partial charge on any atom is 0.220 e. The monoisotopic (exact) mass is 317 g/mol. The predicted molar refractivity (Wildman–Crippen MR) is 87.7 cm³/mol. The van der Waals surface area contributed by atoms with Gasteiger partial charge in [0.25, 0.3) is 0 Å². The largest absolute Gasteiger partial charge is 0.493 e. The van der Waals surface area contributed by atoms with Crippen molar-refractivity contribution in [3.05, 3.63) is 42.5 Å². The molecule has 0 aliphatic carbocycles. The summed E-state index contributed by atoms with van der Waals surface area (Å²) in [5.41, 5.74) is 1.05. The summed E-state index contributed by atoms with van der Waals surface area (Å²) in [7, 11) is 3.21. The molecule has 0 bridgehead atoms. The van der Waals surface area contributed by atoms with Crippen LogP contribution in [0.1, 0.15) is 18.4 Å². The number of imidazole rings is 1. The molecule has 0 aliphatic rings. The Morgan fingerprint density at radius 3 is 2.78 bits per heavy atom. The topological polar surface area (TPSA) is 65.4 Å². The Kier molecular flexibility index (Phi) is 6.47. The first-order valence-electron chi connectivity index (χ1n) is 7.66. The van der Waals surface area contributed by atoms with Crippen molar-refractivity contribution in [2.45, 2.75) is 25.8 Å². The summed E-state index contributed by atoms with van der Waals surface area (Å²) in [6.07, 6.45) is 7.46. The Balaban J connectivity index is 1.69. The molecule has 0 spiro atoms. The molecule has 1 aromatic carbocycles. The van der Waals surface area contributed by atoms with Crippen LogP contribution in [0.4, 0.5) is 0 Å². The molecule has 0 fully saturated rings. The number of methoxy groups -OCH3 is 2. The summed E-state index contributed by atoms with van der Waals surface area (Å²) in [6.45, 7) is 1.53. The average molecular weight is 317 g/mol. The molecule has 2 rings (SSSR count). The van der Waals surface area contributed by atoms with Crippen LogP contribution in [0.2, 0.25) is 0 Å². The number of hydrogen-bond donors (Lipinski definition) is 1. The zero-order valence-corrected chi connectivity index (χ0v) is 13.6. The van der Waals surface area contributed by atoms with E-state index in [0.717, 1.165) is 18.5 Å². The Labute approximate surface area is 136 Å². The van der Waals surface area contributed by atoms with Gasteiger partial charge in [0.15, 0.2) is 11.5 Å². The molecule has 0 unspecified atom stereocenters. The highest BCUT2D eigenvalue weighted by Gasteiger charge is 2.06. The molecule has 124 valence electrons.